The van der Waals surface area contributed by atoms with Crippen molar-refractivity contribution in [2.24, 2.45) is 11.8 Å². The van der Waals surface area contributed by atoms with Gasteiger partial charge in [-0.1, -0.05) is 23.7 Å². The molecule has 1 unspecified atom stereocenters. The fourth-order valence-electron chi connectivity index (χ4n) is 4.80. The molecular weight excluding hydrogens is 492 g/mol. The number of aromatic nitrogens is 1. The van der Waals surface area contributed by atoms with Gasteiger partial charge in [0.25, 0.3) is 5.91 Å². The largest absolute Gasteiger partial charge is 0.290 e. The van der Waals surface area contributed by atoms with Gasteiger partial charge in [-0.15, -0.1) is 11.3 Å². The number of halogens is 3. The van der Waals surface area contributed by atoms with E-state index in [1.165, 1.54) is 31.3 Å². The van der Waals surface area contributed by atoms with Crippen LogP contribution in [-0.4, -0.2) is 34.5 Å². The number of amides is 1. The van der Waals surface area contributed by atoms with Gasteiger partial charge in [0.05, 0.1) is 17.7 Å². The van der Waals surface area contributed by atoms with E-state index in [-0.39, 0.29) is 23.2 Å². The lowest BCUT2D eigenvalue weighted by molar-refractivity contribution is 0.00805. The van der Waals surface area contributed by atoms with Gasteiger partial charge in [0.1, 0.15) is 22.2 Å². The molecule has 0 aliphatic carbocycles. The average molecular weight is 516 g/mol. The molecule has 0 saturated carbocycles. The van der Waals surface area contributed by atoms with Gasteiger partial charge in [0.15, 0.2) is 0 Å². The zero-order valence-electron chi connectivity index (χ0n) is 19.1. The summed E-state index contributed by atoms with van der Waals surface area (Å²) in [4.78, 5) is 18.6. The van der Waals surface area contributed by atoms with Gasteiger partial charge < -0.3 is 0 Å². The molecule has 0 spiro atoms. The Morgan fingerprint density at radius 3 is 2.57 bits per heavy atom. The van der Waals surface area contributed by atoms with Crippen LogP contribution in [0, 0.1) is 23.1 Å². The molecule has 35 heavy (non-hydrogen) atoms. The highest BCUT2D eigenvalue weighted by atomic mass is 35.5. The van der Waals surface area contributed by atoms with Gasteiger partial charge in [0.2, 0.25) is 0 Å². The van der Waals surface area contributed by atoms with Crippen LogP contribution in [0.15, 0.2) is 47.8 Å². The number of nitrogens with one attached hydrogen (secondary N) is 1. The van der Waals surface area contributed by atoms with E-state index >= 15 is 4.39 Å². The standard InChI is InChI=1S/C25H24ClF2N5OS/c1-25(2,28)21(16-7-14(10-29)8-19(27)9-16)17-11-33(12-17)22(15-3-5-18(26)6-4-15)24-31-20(13-35-24)23(34)32-30/h3-9,13,17,21-22H,11-12,30H2,1-2H3,(H,32,34)/t21?,22-/m1/s1. The topological polar surface area (TPSA) is 95.0 Å². The smallest absolute Gasteiger partial charge is 0.284 e. The van der Waals surface area contributed by atoms with Crippen molar-refractivity contribution in [3.8, 4) is 6.07 Å². The Hall–Kier alpha value is -2.90. The number of nitrogens with two attached hydrogens (primary N) is 1. The zero-order valence-corrected chi connectivity index (χ0v) is 20.7. The maximum absolute atomic E-state index is 15.4. The van der Waals surface area contributed by atoms with E-state index in [0.717, 1.165) is 11.6 Å². The van der Waals surface area contributed by atoms with Gasteiger partial charge in [0, 0.05) is 29.4 Å². The minimum atomic E-state index is -1.64. The van der Waals surface area contributed by atoms with Crippen molar-refractivity contribution in [3.63, 3.8) is 0 Å². The number of rotatable bonds is 7. The van der Waals surface area contributed by atoms with Crippen LogP contribution in [0.3, 0.4) is 0 Å². The molecule has 1 aromatic heterocycles. The van der Waals surface area contributed by atoms with E-state index in [4.69, 9.17) is 17.4 Å². The molecule has 0 radical (unpaired) electrons. The van der Waals surface area contributed by atoms with Crippen molar-refractivity contribution in [1.29, 1.82) is 5.26 Å². The second-order valence-electron chi connectivity index (χ2n) is 9.14. The van der Waals surface area contributed by atoms with E-state index in [9.17, 15) is 14.4 Å². The predicted octanol–water partition coefficient (Wildman–Crippen LogP) is 4.96. The summed E-state index contributed by atoms with van der Waals surface area (Å²) in [7, 11) is 0. The van der Waals surface area contributed by atoms with Crippen LogP contribution in [0.1, 0.15) is 58.0 Å². The lowest BCUT2D eigenvalue weighted by atomic mass is 9.72. The summed E-state index contributed by atoms with van der Waals surface area (Å²) in [6, 6.07) is 13.0. The lowest BCUT2D eigenvalue weighted by Crippen LogP contribution is -2.53. The summed E-state index contributed by atoms with van der Waals surface area (Å²) in [6.45, 7) is 3.99. The lowest BCUT2D eigenvalue weighted by Gasteiger charge is -2.49. The van der Waals surface area contributed by atoms with Crippen LogP contribution in [-0.2, 0) is 0 Å². The average Bonchev–Trinajstić information content (AvgIpc) is 3.26. The van der Waals surface area contributed by atoms with Crippen molar-refractivity contribution in [2.75, 3.05) is 13.1 Å². The van der Waals surface area contributed by atoms with Crippen LogP contribution < -0.4 is 11.3 Å². The van der Waals surface area contributed by atoms with E-state index < -0.39 is 23.3 Å². The van der Waals surface area contributed by atoms with E-state index in [1.807, 2.05) is 18.2 Å². The van der Waals surface area contributed by atoms with Gasteiger partial charge >= 0.3 is 0 Å². The molecule has 3 aromatic rings. The van der Waals surface area contributed by atoms with Crippen LogP contribution in [0.5, 0.6) is 0 Å². The minimum absolute atomic E-state index is 0.120. The zero-order chi connectivity index (χ0) is 25.3. The first-order valence-corrected chi connectivity index (χ1v) is 12.2. The fraction of sp³-hybridized carbons (Fsp3) is 0.320. The first kappa shape index (κ1) is 25.2. The second-order valence-corrected chi connectivity index (χ2v) is 10.5. The highest BCUT2D eigenvalue weighted by Crippen LogP contribution is 2.46. The Morgan fingerprint density at radius 1 is 1.29 bits per heavy atom. The summed E-state index contributed by atoms with van der Waals surface area (Å²) >= 11 is 7.42. The molecule has 2 heterocycles. The molecule has 1 aliphatic rings. The summed E-state index contributed by atoms with van der Waals surface area (Å²) in [5.74, 6) is 3.48. The predicted molar refractivity (Wildman–Crippen MR) is 131 cm³/mol. The molecule has 182 valence electrons. The molecule has 2 aromatic carbocycles. The Balaban J connectivity index is 1.65. The number of likely N-dealkylation sites (tertiary alicyclic amines) is 1. The number of carbonyl (C=O) groups excluding carboxylic acids is 1. The Morgan fingerprint density at radius 2 is 1.97 bits per heavy atom. The van der Waals surface area contributed by atoms with Gasteiger partial charge in [-0.25, -0.2) is 19.6 Å². The Bertz CT molecular complexity index is 1260. The SMILES string of the molecule is CC(C)(F)C(c1cc(F)cc(C#N)c1)C1CN([C@H](c2ccc(Cl)cc2)c2nc(C(=O)NN)cs2)C1. The van der Waals surface area contributed by atoms with Crippen molar-refractivity contribution in [1.82, 2.24) is 15.3 Å². The van der Waals surface area contributed by atoms with Crippen molar-refractivity contribution in [3.05, 3.63) is 86.1 Å². The van der Waals surface area contributed by atoms with Crippen LogP contribution in [0.2, 0.25) is 5.02 Å². The maximum atomic E-state index is 15.4. The van der Waals surface area contributed by atoms with Gasteiger partial charge in [-0.05, 0) is 61.2 Å². The molecular formula is C25H24ClF2N5OS. The molecule has 3 N–H and O–H groups in total. The number of hydrazine groups is 1. The number of nitriles is 1. The van der Waals surface area contributed by atoms with Gasteiger partial charge in [-0.3, -0.25) is 15.1 Å². The third kappa shape index (κ3) is 5.36. The quantitative estimate of drug-likeness (QED) is 0.263. The van der Waals surface area contributed by atoms with E-state index in [1.54, 1.807) is 23.6 Å². The van der Waals surface area contributed by atoms with Crippen LogP contribution >= 0.6 is 22.9 Å². The fourth-order valence-corrected chi connectivity index (χ4v) is 5.89. The second kappa shape index (κ2) is 9.99. The number of nitrogens with zero attached hydrogens (tertiary/aromatic N) is 3. The van der Waals surface area contributed by atoms with Crippen LogP contribution in [0.4, 0.5) is 8.78 Å². The summed E-state index contributed by atoms with van der Waals surface area (Å²) in [5.41, 5.74) is 2.23. The molecule has 1 saturated heterocycles. The summed E-state index contributed by atoms with van der Waals surface area (Å²) < 4.78 is 29.6. The highest BCUT2D eigenvalue weighted by Gasteiger charge is 2.45. The molecule has 1 aliphatic heterocycles. The number of hydrogen-bond acceptors (Lipinski definition) is 6. The first-order chi connectivity index (χ1) is 16.6. The monoisotopic (exact) mass is 515 g/mol. The number of alkyl halides is 1. The first-order valence-electron chi connectivity index (χ1n) is 11.0. The van der Waals surface area contributed by atoms with Gasteiger partial charge in [-0.2, -0.15) is 5.26 Å². The number of thiazole rings is 1. The molecule has 6 nitrogen and oxygen atoms in total. The number of hydrogen-bond donors (Lipinski definition) is 2. The summed E-state index contributed by atoms with van der Waals surface area (Å²) in [6.07, 6.45) is 0. The Kier molecular flexibility index (Phi) is 7.20. The maximum Gasteiger partial charge on any atom is 0.284 e. The minimum Gasteiger partial charge on any atom is -0.290 e. The molecule has 10 heteroatoms. The normalized spacial score (nSPS) is 16.3. The molecule has 2 atom stereocenters. The molecule has 1 amide bonds. The number of carbonyl (C=O) groups is 1. The third-order valence-electron chi connectivity index (χ3n) is 6.23. The Labute approximate surface area is 211 Å². The van der Waals surface area contributed by atoms with Crippen LogP contribution in [0.25, 0.3) is 0 Å². The van der Waals surface area contributed by atoms with E-state index in [2.05, 4.69) is 15.3 Å². The van der Waals surface area contributed by atoms with Crippen molar-refractivity contribution < 1.29 is 13.6 Å². The summed E-state index contributed by atoms with van der Waals surface area (Å²) in [5, 5.41) is 12.2. The molecule has 1 fully saturated rings. The van der Waals surface area contributed by atoms with Crippen molar-refractivity contribution in [2.45, 2.75) is 31.5 Å². The third-order valence-corrected chi connectivity index (χ3v) is 7.38. The number of nitrogen functional groups attached to an aromatic ring is 1. The van der Waals surface area contributed by atoms with E-state index in [0.29, 0.717) is 28.7 Å². The molecule has 0 bridgehead atoms. The van der Waals surface area contributed by atoms with Crippen molar-refractivity contribution >= 4 is 28.8 Å². The highest BCUT2D eigenvalue weighted by molar-refractivity contribution is 7.10. The number of benzene rings is 2. The molecule has 4 rings (SSSR count).